The summed E-state index contributed by atoms with van der Waals surface area (Å²) >= 11 is 0. The van der Waals surface area contributed by atoms with Crippen molar-refractivity contribution in [1.82, 2.24) is 5.32 Å². The third kappa shape index (κ3) is 4.58. The highest BCUT2D eigenvalue weighted by molar-refractivity contribution is 5.77. The van der Waals surface area contributed by atoms with E-state index < -0.39 is 0 Å². The summed E-state index contributed by atoms with van der Waals surface area (Å²) in [6.45, 7) is 9.02. The third-order valence-electron chi connectivity index (χ3n) is 3.67. The predicted octanol–water partition coefficient (Wildman–Crippen LogP) is 2.74. The van der Waals surface area contributed by atoms with Crippen LogP contribution in [0, 0.1) is 22.7 Å². The Labute approximate surface area is 120 Å². The first-order chi connectivity index (χ1) is 9.36. The smallest absolute Gasteiger partial charge is 0.257 e. The largest absolute Gasteiger partial charge is 0.482 e. The molecule has 0 fully saturated rings. The highest BCUT2D eigenvalue weighted by Gasteiger charge is 2.22. The van der Waals surface area contributed by atoms with Gasteiger partial charge in [-0.3, -0.25) is 4.79 Å². The van der Waals surface area contributed by atoms with Crippen molar-refractivity contribution in [3.63, 3.8) is 0 Å². The normalized spacial score (nSPS) is 11.0. The number of para-hydroxylation sites is 1. The van der Waals surface area contributed by atoms with Crippen molar-refractivity contribution in [3.05, 3.63) is 29.8 Å². The van der Waals surface area contributed by atoms with Crippen molar-refractivity contribution in [2.45, 2.75) is 27.7 Å². The van der Waals surface area contributed by atoms with E-state index in [1.807, 2.05) is 6.07 Å². The molecule has 0 bridgehead atoms. The maximum absolute atomic E-state index is 11.8. The van der Waals surface area contributed by atoms with Crippen molar-refractivity contribution < 1.29 is 9.53 Å². The van der Waals surface area contributed by atoms with E-state index in [1.54, 1.807) is 24.3 Å². The van der Waals surface area contributed by atoms with Crippen LogP contribution in [-0.2, 0) is 4.79 Å². The Bertz CT molecular complexity index is 501. The molecule has 4 heteroatoms. The van der Waals surface area contributed by atoms with E-state index in [0.717, 1.165) is 0 Å². The third-order valence-corrected chi connectivity index (χ3v) is 3.67. The van der Waals surface area contributed by atoms with Crippen LogP contribution in [-0.4, -0.2) is 19.1 Å². The first kappa shape index (κ1) is 16.0. The molecule has 1 rings (SSSR count). The van der Waals surface area contributed by atoms with Crippen LogP contribution in [0.4, 0.5) is 0 Å². The minimum atomic E-state index is -0.175. The molecule has 0 spiro atoms. The van der Waals surface area contributed by atoms with Gasteiger partial charge < -0.3 is 10.1 Å². The first-order valence-electron chi connectivity index (χ1n) is 6.75. The molecule has 1 amide bonds. The summed E-state index contributed by atoms with van der Waals surface area (Å²) < 4.78 is 5.38. The van der Waals surface area contributed by atoms with Crippen molar-refractivity contribution in [3.8, 4) is 11.8 Å². The number of nitrogens with one attached hydrogen (secondary N) is 1. The summed E-state index contributed by atoms with van der Waals surface area (Å²) in [5.74, 6) is 0.739. The summed E-state index contributed by atoms with van der Waals surface area (Å²) in [7, 11) is 0. The summed E-state index contributed by atoms with van der Waals surface area (Å²) in [6, 6.07) is 8.91. The van der Waals surface area contributed by atoms with Gasteiger partial charge in [0, 0.05) is 6.54 Å². The zero-order chi connectivity index (χ0) is 15.2. The number of carbonyl (C=O) groups excluding carboxylic acids is 1. The minimum Gasteiger partial charge on any atom is -0.482 e. The molecule has 0 radical (unpaired) electrons. The van der Waals surface area contributed by atoms with Gasteiger partial charge in [-0.05, 0) is 23.5 Å². The number of benzene rings is 1. The van der Waals surface area contributed by atoms with Gasteiger partial charge >= 0.3 is 0 Å². The maximum atomic E-state index is 11.8. The van der Waals surface area contributed by atoms with Gasteiger partial charge in [-0.1, -0.05) is 39.8 Å². The maximum Gasteiger partial charge on any atom is 0.257 e. The summed E-state index contributed by atoms with van der Waals surface area (Å²) in [5.41, 5.74) is 0.475. The molecule has 20 heavy (non-hydrogen) atoms. The van der Waals surface area contributed by atoms with Crippen LogP contribution in [0.2, 0.25) is 0 Å². The monoisotopic (exact) mass is 274 g/mol. The highest BCUT2D eigenvalue weighted by Crippen LogP contribution is 2.24. The summed E-state index contributed by atoms with van der Waals surface area (Å²) in [5, 5.41) is 11.8. The molecule has 108 valence electrons. The van der Waals surface area contributed by atoms with Crippen LogP contribution in [0.5, 0.6) is 5.75 Å². The molecule has 0 unspecified atom stereocenters. The molecular formula is C16H22N2O2. The van der Waals surface area contributed by atoms with Crippen LogP contribution in [0.3, 0.4) is 0 Å². The molecule has 0 aliphatic rings. The van der Waals surface area contributed by atoms with Gasteiger partial charge in [0.05, 0.1) is 5.56 Å². The van der Waals surface area contributed by atoms with Crippen molar-refractivity contribution in [1.29, 1.82) is 5.26 Å². The minimum absolute atomic E-state index is 0.0419. The Hall–Kier alpha value is -2.02. The lowest BCUT2D eigenvalue weighted by atomic mass is 9.81. The fourth-order valence-corrected chi connectivity index (χ4v) is 1.41. The molecular weight excluding hydrogens is 252 g/mol. The molecule has 1 aromatic rings. The predicted molar refractivity (Wildman–Crippen MR) is 78.3 cm³/mol. The number of carbonyl (C=O) groups is 1. The second-order valence-corrected chi connectivity index (χ2v) is 5.82. The van der Waals surface area contributed by atoms with E-state index in [9.17, 15) is 4.79 Å². The second kappa shape index (κ2) is 6.95. The molecule has 0 aliphatic heterocycles. The van der Waals surface area contributed by atoms with Gasteiger partial charge in [0.25, 0.3) is 5.91 Å². The average molecular weight is 274 g/mol. The van der Waals surface area contributed by atoms with Crippen LogP contribution >= 0.6 is 0 Å². The molecule has 1 aromatic carbocycles. The van der Waals surface area contributed by atoms with Crippen LogP contribution in [0.25, 0.3) is 0 Å². The Morgan fingerprint density at radius 2 is 2.05 bits per heavy atom. The van der Waals surface area contributed by atoms with E-state index in [4.69, 9.17) is 10.00 Å². The van der Waals surface area contributed by atoms with Crippen molar-refractivity contribution in [2.75, 3.05) is 13.2 Å². The van der Waals surface area contributed by atoms with Crippen molar-refractivity contribution in [2.24, 2.45) is 11.3 Å². The molecule has 0 heterocycles. The Morgan fingerprint density at radius 3 is 2.65 bits per heavy atom. The highest BCUT2D eigenvalue weighted by atomic mass is 16.5. The summed E-state index contributed by atoms with van der Waals surface area (Å²) in [4.78, 5) is 11.8. The van der Waals surface area contributed by atoms with Gasteiger partial charge in [-0.25, -0.2) is 0 Å². The average Bonchev–Trinajstić information content (AvgIpc) is 2.43. The van der Waals surface area contributed by atoms with Gasteiger partial charge in [0.2, 0.25) is 0 Å². The van der Waals surface area contributed by atoms with E-state index in [-0.39, 0.29) is 17.9 Å². The zero-order valence-electron chi connectivity index (χ0n) is 12.6. The molecule has 4 nitrogen and oxygen atoms in total. The lowest BCUT2D eigenvalue weighted by Crippen LogP contribution is -2.39. The number of hydrogen-bond donors (Lipinski definition) is 1. The van der Waals surface area contributed by atoms with E-state index in [1.165, 1.54) is 0 Å². The van der Waals surface area contributed by atoms with E-state index >= 15 is 0 Å². The first-order valence-corrected chi connectivity index (χ1v) is 6.75. The molecule has 0 aromatic heterocycles. The second-order valence-electron chi connectivity index (χ2n) is 5.82. The Morgan fingerprint density at radius 1 is 1.40 bits per heavy atom. The van der Waals surface area contributed by atoms with Gasteiger partial charge in [-0.2, -0.15) is 5.26 Å². The number of hydrogen-bond acceptors (Lipinski definition) is 3. The van der Waals surface area contributed by atoms with Gasteiger partial charge in [0.1, 0.15) is 11.8 Å². The Balaban J connectivity index is 2.47. The van der Waals surface area contributed by atoms with Gasteiger partial charge in [-0.15, -0.1) is 0 Å². The number of amides is 1. The molecule has 0 saturated carbocycles. The molecule has 0 saturated heterocycles. The number of nitrogens with zero attached hydrogens (tertiary/aromatic N) is 1. The van der Waals surface area contributed by atoms with Crippen molar-refractivity contribution >= 4 is 5.91 Å². The topological polar surface area (TPSA) is 62.1 Å². The Kier molecular flexibility index (Phi) is 5.57. The molecule has 0 aliphatic carbocycles. The number of ether oxygens (including phenoxy) is 1. The van der Waals surface area contributed by atoms with E-state index in [0.29, 0.717) is 23.8 Å². The SMILES string of the molecule is CC(C)C(C)(C)CNC(=O)COc1ccccc1C#N. The van der Waals surface area contributed by atoms with Crippen LogP contribution < -0.4 is 10.1 Å². The van der Waals surface area contributed by atoms with E-state index in [2.05, 4.69) is 33.0 Å². The zero-order valence-corrected chi connectivity index (χ0v) is 12.6. The van der Waals surface area contributed by atoms with Crippen LogP contribution in [0.1, 0.15) is 33.3 Å². The lowest BCUT2D eigenvalue weighted by molar-refractivity contribution is -0.123. The standard InChI is InChI=1S/C16H22N2O2/c1-12(2)16(3,4)11-18-15(19)10-20-14-8-6-5-7-13(14)9-17/h5-8,12H,10-11H2,1-4H3,(H,18,19). The quantitative estimate of drug-likeness (QED) is 0.867. The number of nitriles is 1. The fourth-order valence-electron chi connectivity index (χ4n) is 1.41. The van der Waals surface area contributed by atoms with Crippen LogP contribution in [0.15, 0.2) is 24.3 Å². The summed E-state index contributed by atoms with van der Waals surface area (Å²) in [6.07, 6.45) is 0. The number of rotatable bonds is 6. The fraction of sp³-hybridized carbons (Fsp3) is 0.500. The van der Waals surface area contributed by atoms with Gasteiger partial charge in [0.15, 0.2) is 6.61 Å². The molecule has 1 N–H and O–H groups in total. The molecule has 0 atom stereocenters. The lowest BCUT2D eigenvalue weighted by Gasteiger charge is -2.29.